The van der Waals surface area contributed by atoms with Gasteiger partial charge in [0.2, 0.25) is 0 Å². The highest BCUT2D eigenvalue weighted by Crippen LogP contribution is 2.30. The molecule has 2 heterocycles. The van der Waals surface area contributed by atoms with E-state index >= 15 is 0 Å². The Bertz CT molecular complexity index is 698. The van der Waals surface area contributed by atoms with E-state index in [0.717, 1.165) is 17.7 Å². The van der Waals surface area contributed by atoms with Gasteiger partial charge in [-0.25, -0.2) is 4.39 Å². The topological polar surface area (TPSA) is 58.4 Å². The van der Waals surface area contributed by atoms with E-state index in [-0.39, 0.29) is 5.82 Å². The third-order valence-corrected chi connectivity index (χ3v) is 4.42. The molecule has 1 aliphatic rings. The Balaban J connectivity index is 1.60. The molecule has 0 bridgehead atoms. The van der Waals surface area contributed by atoms with Crippen LogP contribution in [-0.2, 0) is 17.9 Å². The fourth-order valence-corrected chi connectivity index (χ4v) is 2.98. The van der Waals surface area contributed by atoms with Crippen molar-refractivity contribution >= 4 is 5.97 Å². The van der Waals surface area contributed by atoms with Crippen molar-refractivity contribution in [1.82, 2.24) is 14.7 Å². The van der Waals surface area contributed by atoms with E-state index in [0.29, 0.717) is 26.1 Å². The van der Waals surface area contributed by atoms with E-state index in [9.17, 15) is 14.3 Å². The first-order chi connectivity index (χ1) is 10.9. The summed E-state index contributed by atoms with van der Waals surface area (Å²) in [5.41, 5.74) is 1.40. The lowest BCUT2D eigenvalue weighted by Gasteiger charge is -2.19. The second kappa shape index (κ2) is 6.12. The molecular weight excluding hydrogens is 297 g/mol. The SMILES string of the molecule is CC1(C(=O)O)CCN(Cc2cnn(Cc3ccc(F)cc3)c2)C1. The maximum atomic E-state index is 12.9. The van der Waals surface area contributed by atoms with E-state index in [2.05, 4.69) is 10.00 Å². The molecule has 0 amide bonds. The summed E-state index contributed by atoms with van der Waals surface area (Å²) in [7, 11) is 0. The van der Waals surface area contributed by atoms with Crippen LogP contribution in [0.15, 0.2) is 36.7 Å². The molecule has 23 heavy (non-hydrogen) atoms. The van der Waals surface area contributed by atoms with Gasteiger partial charge in [-0.05, 0) is 37.6 Å². The highest BCUT2D eigenvalue weighted by atomic mass is 19.1. The number of carboxylic acid groups (broad SMARTS) is 1. The Kier molecular flexibility index (Phi) is 4.17. The Morgan fingerprint density at radius 3 is 2.70 bits per heavy atom. The number of hydrogen-bond acceptors (Lipinski definition) is 3. The molecule has 1 saturated heterocycles. The van der Waals surface area contributed by atoms with Gasteiger partial charge in [-0.1, -0.05) is 12.1 Å². The number of hydrogen-bond donors (Lipinski definition) is 1. The molecule has 1 atom stereocenters. The number of aromatic nitrogens is 2. The van der Waals surface area contributed by atoms with Crippen molar-refractivity contribution in [2.24, 2.45) is 5.41 Å². The molecule has 0 saturated carbocycles. The average molecular weight is 317 g/mol. The molecule has 0 spiro atoms. The van der Waals surface area contributed by atoms with Crippen molar-refractivity contribution in [3.05, 3.63) is 53.6 Å². The lowest BCUT2D eigenvalue weighted by molar-refractivity contribution is -0.147. The van der Waals surface area contributed by atoms with Gasteiger partial charge in [-0.3, -0.25) is 14.4 Å². The summed E-state index contributed by atoms with van der Waals surface area (Å²) in [5, 5.41) is 13.6. The van der Waals surface area contributed by atoms with Crippen molar-refractivity contribution in [2.75, 3.05) is 13.1 Å². The van der Waals surface area contributed by atoms with Crippen molar-refractivity contribution in [3.8, 4) is 0 Å². The van der Waals surface area contributed by atoms with Gasteiger partial charge in [0.1, 0.15) is 5.82 Å². The molecule has 122 valence electrons. The minimum atomic E-state index is -0.730. The minimum Gasteiger partial charge on any atom is -0.481 e. The van der Waals surface area contributed by atoms with Crippen LogP contribution in [-0.4, -0.2) is 38.8 Å². The lowest BCUT2D eigenvalue weighted by atomic mass is 9.90. The highest BCUT2D eigenvalue weighted by Gasteiger charge is 2.40. The Labute approximate surface area is 134 Å². The lowest BCUT2D eigenvalue weighted by Crippen LogP contribution is -2.31. The zero-order valence-corrected chi connectivity index (χ0v) is 13.1. The monoisotopic (exact) mass is 317 g/mol. The summed E-state index contributed by atoms with van der Waals surface area (Å²) in [5.74, 6) is -0.975. The Morgan fingerprint density at radius 1 is 1.30 bits per heavy atom. The van der Waals surface area contributed by atoms with Crippen LogP contribution in [0.5, 0.6) is 0 Å². The molecule has 1 N–H and O–H groups in total. The largest absolute Gasteiger partial charge is 0.481 e. The number of carboxylic acids is 1. The van der Waals surface area contributed by atoms with E-state index in [1.807, 2.05) is 10.9 Å². The first-order valence-corrected chi connectivity index (χ1v) is 7.66. The highest BCUT2D eigenvalue weighted by molar-refractivity contribution is 5.74. The van der Waals surface area contributed by atoms with Crippen LogP contribution in [0.25, 0.3) is 0 Å². The molecule has 1 aliphatic heterocycles. The Morgan fingerprint density at radius 2 is 2.04 bits per heavy atom. The summed E-state index contributed by atoms with van der Waals surface area (Å²) in [6.07, 6.45) is 4.44. The van der Waals surface area contributed by atoms with Crippen LogP contribution in [0.1, 0.15) is 24.5 Å². The van der Waals surface area contributed by atoms with Gasteiger partial charge in [0.05, 0.1) is 18.2 Å². The quantitative estimate of drug-likeness (QED) is 0.920. The zero-order valence-electron chi connectivity index (χ0n) is 13.1. The second-order valence-corrected chi connectivity index (χ2v) is 6.50. The number of benzene rings is 1. The number of rotatable bonds is 5. The number of likely N-dealkylation sites (tertiary alicyclic amines) is 1. The third-order valence-electron chi connectivity index (χ3n) is 4.42. The van der Waals surface area contributed by atoms with Crippen molar-refractivity contribution in [2.45, 2.75) is 26.4 Å². The summed E-state index contributed by atoms with van der Waals surface area (Å²) >= 11 is 0. The predicted octanol–water partition coefficient (Wildman–Crippen LogP) is 2.37. The number of carbonyl (C=O) groups is 1. The molecule has 0 radical (unpaired) electrons. The summed E-state index contributed by atoms with van der Waals surface area (Å²) in [6.45, 7) is 4.43. The summed E-state index contributed by atoms with van der Waals surface area (Å²) in [6, 6.07) is 6.37. The van der Waals surface area contributed by atoms with Crippen LogP contribution in [0.4, 0.5) is 4.39 Å². The van der Waals surface area contributed by atoms with Crippen LogP contribution < -0.4 is 0 Å². The predicted molar refractivity (Wildman–Crippen MR) is 83.4 cm³/mol. The molecule has 1 unspecified atom stereocenters. The standard InChI is InChI=1S/C17H20FN3O2/c1-17(16(22)23)6-7-20(12-17)9-14-8-19-21(11-14)10-13-2-4-15(18)5-3-13/h2-5,8,11H,6-7,9-10,12H2,1H3,(H,22,23). The maximum absolute atomic E-state index is 12.9. The van der Waals surface area contributed by atoms with Gasteiger partial charge < -0.3 is 5.11 Å². The van der Waals surface area contributed by atoms with Crippen molar-refractivity contribution in [1.29, 1.82) is 0 Å². The molecule has 1 fully saturated rings. The number of halogens is 1. The van der Waals surface area contributed by atoms with Gasteiger partial charge in [0, 0.05) is 24.8 Å². The van der Waals surface area contributed by atoms with Gasteiger partial charge in [-0.15, -0.1) is 0 Å². The second-order valence-electron chi connectivity index (χ2n) is 6.50. The van der Waals surface area contributed by atoms with Crippen molar-refractivity contribution < 1.29 is 14.3 Å². The van der Waals surface area contributed by atoms with Crippen LogP contribution in [0.3, 0.4) is 0 Å². The van der Waals surface area contributed by atoms with Gasteiger partial charge in [-0.2, -0.15) is 5.10 Å². The summed E-state index contributed by atoms with van der Waals surface area (Å²) in [4.78, 5) is 13.4. The van der Waals surface area contributed by atoms with Crippen LogP contribution in [0.2, 0.25) is 0 Å². The van der Waals surface area contributed by atoms with E-state index in [1.54, 1.807) is 25.3 Å². The maximum Gasteiger partial charge on any atom is 0.310 e. The van der Waals surface area contributed by atoms with Crippen LogP contribution in [0, 0.1) is 11.2 Å². The van der Waals surface area contributed by atoms with Gasteiger partial charge >= 0.3 is 5.97 Å². The van der Waals surface area contributed by atoms with Gasteiger partial charge in [0.15, 0.2) is 0 Å². The van der Waals surface area contributed by atoms with E-state index < -0.39 is 11.4 Å². The zero-order chi connectivity index (χ0) is 16.4. The first kappa shape index (κ1) is 15.7. The Hall–Kier alpha value is -2.21. The first-order valence-electron chi connectivity index (χ1n) is 7.66. The van der Waals surface area contributed by atoms with Crippen molar-refractivity contribution in [3.63, 3.8) is 0 Å². The normalized spacial score (nSPS) is 21.7. The molecule has 1 aromatic carbocycles. The molecular formula is C17H20FN3O2. The van der Waals surface area contributed by atoms with E-state index in [1.165, 1.54) is 12.1 Å². The molecule has 1 aromatic heterocycles. The minimum absolute atomic E-state index is 0.245. The average Bonchev–Trinajstić information content (AvgIpc) is 3.10. The molecule has 0 aliphatic carbocycles. The molecule has 3 rings (SSSR count). The van der Waals surface area contributed by atoms with E-state index in [4.69, 9.17) is 0 Å². The smallest absolute Gasteiger partial charge is 0.310 e. The fraction of sp³-hybridized carbons (Fsp3) is 0.412. The van der Waals surface area contributed by atoms with Crippen LogP contribution >= 0.6 is 0 Å². The number of nitrogens with zero attached hydrogens (tertiary/aromatic N) is 3. The number of aliphatic carboxylic acids is 1. The molecule has 2 aromatic rings. The fourth-order valence-electron chi connectivity index (χ4n) is 2.98. The third kappa shape index (κ3) is 3.59. The molecule has 6 heteroatoms. The van der Waals surface area contributed by atoms with Gasteiger partial charge in [0.25, 0.3) is 0 Å². The molecule has 5 nitrogen and oxygen atoms in total. The summed E-state index contributed by atoms with van der Waals surface area (Å²) < 4.78 is 14.7.